The third-order valence-electron chi connectivity index (χ3n) is 2.56. The molecule has 0 aliphatic carbocycles. The molecule has 1 aromatic heterocycles. The lowest BCUT2D eigenvalue weighted by Crippen LogP contribution is -1.85. The maximum atomic E-state index is 5.61. The number of nitrogens with two attached hydrogens (primary N) is 2. The van der Waals surface area contributed by atoms with E-state index in [0.29, 0.717) is 0 Å². The van der Waals surface area contributed by atoms with Gasteiger partial charge in [-0.15, -0.1) is 0 Å². The number of benzene rings is 2. The van der Waals surface area contributed by atoms with Gasteiger partial charge in [0, 0.05) is 23.8 Å². The molecule has 5 N–H and O–H groups in total. The summed E-state index contributed by atoms with van der Waals surface area (Å²) in [5.74, 6) is 0. The first kappa shape index (κ1) is 12.7. The van der Waals surface area contributed by atoms with Crippen LogP contribution in [-0.4, -0.2) is 9.97 Å². The van der Waals surface area contributed by atoms with E-state index in [0.717, 1.165) is 22.5 Å². The highest BCUT2D eigenvalue weighted by Crippen LogP contribution is 2.21. The van der Waals surface area contributed by atoms with Gasteiger partial charge in [-0.25, -0.2) is 4.98 Å². The fraction of sp³-hybridized carbons (Fsp3) is 0. The Morgan fingerprint density at radius 1 is 0.737 bits per heavy atom. The quantitative estimate of drug-likeness (QED) is 0.582. The fourth-order valence-corrected chi connectivity index (χ4v) is 1.57. The van der Waals surface area contributed by atoms with Gasteiger partial charge in [0.05, 0.1) is 6.33 Å². The molecule has 0 unspecified atom stereocenters. The molecular weight excluding hydrogens is 236 g/mol. The molecule has 4 nitrogen and oxygen atoms in total. The van der Waals surface area contributed by atoms with Crippen molar-refractivity contribution in [2.45, 2.75) is 0 Å². The van der Waals surface area contributed by atoms with Crippen LogP contribution in [0.2, 0.25) is 0 Å². The average molecular weight is 252 g/mol. The number of hydrogen-bond acceptors (Lipinski definition) is 3. The van der Waals surface area contributed by atoms with Crippen LogP contribution in [0.25, 0.3) is 11.1 Å². The van der Waals surface area contributed by atoms with E-state index in [9.17, 15) is 0 Å². The average Bonchev–Trinajstić information content (AvgIpc) is 3.00. The first-order chi connectivity index (χ1) is 9.25. The van der Waals surface area contributed by atoms with Crippen LogP contribution >= 0.6 is 0 Å². The number of rotatable bonds is 1. The Hall–Kier alpha value is -2.75. The standard InChI is InChI=1S/C12H12N2.C3H4N2/c13-11-5-1-9(2-6-11)10-3-7-12(14)8-4-10;1-2-5-3-4-1/h1-8H,13-14H2;1-3H,(H,4,5). The van der Waals surface area contributed by atoms with Gasteiger partial charge >= 0.3 is 0 Å². The zero-order valence-electron chi connectivity index (χ0n) is 10.5. The summed E-state index contributed by atoms with van der Waals surface area (Å²) < 4.78 is 0. The van der Waals surface area contributed by atoms with E-state index in [2.05, 4.69) is 9.97 Å². The Labute approximate surface area is 112 Å². The number of anilines is 2. The van der Waals surface area contributed by atoms with Crippen molar-refractivity contribution in [3.8, 4) is 11.1 Å². The highest BCUT2D eigenvalue weighted by atomic mass is 14.8. The first-order valence-corrected chi connectivity index (χ1v) is 5.90. The molecular formula is C15H16N4. The topological polar surface area (TPSA) is 80.7 Å². The van der Waals surface area contributed by atoms with Gasteiger partial charge < -0.3 is 16.5 Å². The Morgan fingerprint density at radius 3 is 1.47 bits per heavy atom. The molecule has 96 valence electrons. The molecule has 0 amide bonds. The predicted molar refractivity (Wildman–Crippen MR) is 79.3 cm³/mol. The smallest absolute Gasteiger partial charge is 0.0919 e. The highest BCUT2D eigenvalue weighted by Gasteiger charge is 1.95. The Kier molecular flexibility index (Phi) is 4.18. The van der Waals surface area contributed by atoms with E-state index in [4.69, 9.17) is 11.5 Å². The molecule has 0 aliphatic rings. The Morgan fingerprint density at radius 2 is 1.21 bits per heavy atom. The molecule has 3 rings (SSSR count). The third-order valence-corrected chi connectivity index (χ3v) is 2.56. The monoisotopic (exact) mass is 252 g/mol. The van der Waals surface area contributed by atoms with Gasteiger partial charge in [-0.2, -0.15) is 0 Å². The van der Waals surface area contributed by atoms with Gasteiger partial charge in [0.15, 0.2) is 0 Å². The molecule has 3 aromatic rings. The van der Waals surface area contributed by atoms with Crippen LogP contribution in [0.1, 0.15) is 0 Å². The molecule has 0 aliphatic heterocycles. The van der Waals surface area contributed by atoms with Crippen molar-refractivity contribution in [1.29, 1.82) is 0 Å². The molecule has 19 heavy (non-hydrogen) atoms. The normalized spacial score (nSPS) is 9.47. The number of nitrogen functional groups attached to an aromatic ring is 2. The minimum Gasteiger partial charge on any atom is -0.399 e. The van der Waals surface area contributed by atoms with Crippen molar-refractivity contribution in [1.82, 2.24) is 9.97 Å². The summed E-state index contributed by atoms with van der Waals surface area (Å²) in [6.45, 7) is 0. The summed E-state index contributed by atoms with van der Waals surface area (Å²) in [5, 5.41) is 0. The van der Waals surface area contributed by atoms with E-state index in [1.165, 1.54) is 0 Å². The predicted octanol–water partition coefficient (Wildman–Crippen LogP) is 2.93. The molecule has 0 atom stereocenters. The Bertz CT molecular complexity index is 522. The highest BCUT2D eigenvalue weighted by molar-refractivity contribution is 5.67. The summed E-state index contributed by atoms with van der Waals surface area (Å²) in [4.78, 5) is 6.42. The summed E-state index contributed by atoms with van der Waals surface area (Å²) in [7, 11) is 0. The van der Waals surface area contributed by atoms with Crippen LogP contribution in [0, 0.1) is 0 Å². The number of hydrogen-bond donors (Lipinski definition) is 3. The van der Waals surface area contributed by atoms with Crippen LogP contribution in [0.5, 0.6) is 0 Å². The number of nitrogens with one attached hydrogen (secondary N) is 1. The minimum absolute atomic E-state index is 0.782. The number of aromatic nitrogens is 2. The van der Waals surface area contributed by atoms with Gasteiger partial charge in [-0.1, -0.05) is 24.3 Å². The SMILES string of the molecule is Nc1ccc(-c2ccc(N)cc2)cc1.c1c[nH]cn1. The second-order valence-corrected chi connectivity index (χ2v) is 4.00. The van der Waals surface area contributed by atoms with E-state index in [1.807, 2.05) is 48.5 Å². The maximum Gasteiger partial charge on any atom is 0.0919 e. The molecule has 0 fully saturated rings. The minimum atomic E-state index is 0.782. The van der Waals surface area contributed by atoms with Crippen molar-refractivity contribution in [2.24, 2.45) is 0 Å². The zero-order chi connectivity index (χ0) is 13.5. The molecule has 0 spiro atoms. The largest absolute Gasteiger partial charge is 0.399 e. The van der Waals surface area contributed by atoms with Gasteiger partial charge in [-0.3, -0.25) is 0 Å². The first-order valence-electron chi connectivity index (χ1n) is 5.90. The number of H-pyrrole nitrogens is 1. The van der Waals surface area contributed by atoms with Crippen LogP contribution in [0.15, 0.2) is 67.3 Å². The molecule has 0 saturated carbocycles. The van der Waals surface area contributed by atoms with E-state index in [-0.39, 0.29) is 0 Å². The third kappa shape index (κ3) is 3.89. The van der Waals surface area contributed by atoms with Crippen LogP contribution in [-0.2, 0) is 0 Å². The molecule has 0 radical (unpaired) electrons. The van der Waals surface area contributed by atoms with Gasteiger partial charge in [0.2, 0.25) is 0 Å². The van der Waals surface area contributed by atoms with Crippen molar-refractivity contribution >= 4 is 11.4 Å². The second-order valence-electron chi connectivity index (χ2n) is 4.00. The second kappa shape index (κ2) is 6.26. The van der Waals surface area contributed by atoms with E-state index >= 15 is 0 Å². The van der Waals surface area contributed by atoms with Crippen molar-refractivity contribution in [2.75, 3.05) is 11.5 Å². The van der Waals surface area contributed by atoms with Gasteiger partial charge in [0.1, 0.15) is 0 Å². The van der Waals surface area contributed by atoms with E-state index < -0.39 is 0 Å². The molecule has 1 heterocycles. The lowest BCUT2D eigenvalue weighted by Gasteiger charge is -2.02. The van der Waals surface area contributed by atoms with Crippen molar-refractivity contribution in [3.05, 3.63) is 67.3 Å². The summed E-state index contributed by atoms with van der Waals surface area (Å²) in [6, 6.07) is 15.6. The molecule has 0 saturated heterocycles. The zero-order valence-corrected chi connectivity index (χ0v) is 10.5. The van der Waals surface area contributed by atoms with Crippen LogP contribution < -0.4 is 11.5 Å². The summed E-state index contributed by atoms with van der Waals surface area (Å²) in [5.41, 5.74) is 15.1. The summed E-state index contributed by atoms with van der Waals surface area (Å²) >= 11 is 0. The van der Waals surface area contributed by atoms with E-state index in [1.54, 1.807) is 18.7 Å². The van der Waals surface area contributed by atoms with Crippen LogP contribution in [0.3, 0.4) is 0 Å². The van der Waals surface area contributed by atoms with Gasteiger partial charge in [0.25, 0.3) is 0 Å². The molecule has 2 aromatic carbocycles. The van der Waals surface area contributed by atoms with Crippen molar-refractivity contribution < 1.29 is 0 Å². The molecule has 4 heteroatoms. The van der Waals surface area contributed by atoms with Crippen LogP contribution in [0.4, 0.5) is 11.4 Å². The van der Waals surface area contributed by atoms with Crippen molar-refractivity contribution in [3.63, 3.8) is 0 Å². The maximum absolute atomic E-state index is 5.61. The number of nitrogens with zero attached hydrogens (tertiary/aromatic N) is 1. The number of aromatic amines is 1. The molecule has 0 bridgehead atoms. The number of imidazole rings is 1. The lowest BCUT2D eigenvalue weighted by molar-refractivity contribution is 1.31. The lowest BCUT2D eigenvalue weighted by atomic mass is 10.1. The Balaban J connectivity index is 0.000000224. The summed E-state index contributed by atoms with van der Waals surface area (Å²) in [6.07, 6.45) is 5.08. The fourth-order valence-electron chi connectivity index (χ4n) is 1.57. The van der Waals surface area contributed by atoms with Gasteiger partial charge in [-0.05, 0) is 35.4 Å².